The highest BCUT2D eigenvalue weighted by molar-refractivity contribution is 5.81. The molecule has 0 saturated carbocycles. The van der Waals surface area contributed by atoms with Crippen LogP contribution in [0.5, 0.6) is 0 Å². The van der Waals surface area contributed by atoms with Crippen LogP contribution in [0.15, 0.2) is 34.7 Å². The zero-order valence-electron chi connectivity index (χ0n) is 11.4. The summed E-state index contributed by atoms with van der Waals surface area (Å²) in [6.07, 6.45) is 0.0689. The van der Waals surface area contributed by atoms with Crippen LogP contribution in [0.1, 0.15) is 13.3 Å². The molecule has 0 fully saturated rings. The number of para-hydroxylation sites is 1. The van der Waals surface area contributed by atoms with Gasteiger partial charge in [0.2, 0.25) is 5.82 Å². The normalized spacial score (nSPS) is 12.6. The molecule has 108 valence electrons. The molecule has 1 unspecified atom stereocenters. The van der Waals surface area contributed by atoms with Gasteiger partial charge in [-0.25, -0.2) is 4.68 Å². The SMILES string of the molecule is CC(CC(=O)O)Cn1nnnc1-c1cc2ccccc2o1. The van der Waals surface area contributed by atoms with Crippen LogP contribution in [0.25, 0.3) is 22.6 Å². The van der Waals surface area contributed by atoms with Crippen LogP contribution in [-0.2, 0) is 11.3 Å². The second kappa shape index (κ2) is 5.35. The molecular weight excluding hydrogens is 272 g/mol. The molecule has 0 aliphatic rings. The van der Waals surface area contributed by atoms with E-state index in [1.807, 2.05) is 37.3 Å². The van der Waals surface area contributed by atoms with Crippen LogP contribution >= 0.6 is 0 Å². The van der Waals surface area contributed by atoms with Gasteiger partial charge in [0.25, 0.3) is 0 Å². The molecule has 0 amide bonds. The van der Waals surface area contributed by atoms with E-state index in [1.54, 1.807) is 4.68 Å². The minimum Gasteiger partial charge on any atom is -0.481 e. The molecule has 0 aliphatic carbocycles. The zero-order valence-corrected chi connectivity index (χ0v) is 11.4. The standard InChI is InChI=1S/C14H14N4O3/c1-9(6-13(19)20)8-18-14(15-16-17-18)12-7-10-4-2-3-5-11(10)21-12/h2-5,7,9H,6,8H2,1H3,(H,19,20). The van der Waals surface area contributed by atoms with Crippen LogP contribution < -0.4 is 0 Å². The molecule has 1 aromatic carbocycles. The summed E-state index contributed by atoms with van der Waals surface area (Å²) in [5.74, 6) is 0.169. The lowest BCUT2D eigenvalue weighted by Crippen LogP contribution is -2.14. The highest BCUT2D eigenvalue weighted by Crippen LogP contribution is 2.26. The van der Waals surface area contributed by atoms with Gasteiger partial charge in [-0.05, 0) is 28.5 Å². The third-order valence-corrected chi connectivity index (χ3v) is 3.19. The molecule has 0 aliphatic heterocycles. The maximum absolute atomic E-state index is 10.7. The van der Waals surface area contributed by atoms with Gasteiger partial charge in [-0.2, -0.15) is 0 Å². The molecule has 3 aromatic rings. The number of tetrazole rings is 1. The molecular formula is C14H14N4O3. The Bertz CT molecular complexity index is 744. The number of aromatic nitrogens is 4. The molecule has 2 heterocycles. The van der Waals surface area contributed by atoms with Gasteiger partial charge in [-0.3, -0.25) is 4.79 Å². The van der Waals surface area contributed by atoms with Crippen molar-refractivity contribution in [3.8, 4) is 11.6 Å². The summed E-state index contributed by atoms with van der Waals surface area (Å²) in [6.45, 7) is 2.27. The number of benzene rings is 1. The highest BCUT2D eigenvalue weighted by atomic mass is 16.4. The summed E-state index contributed by atoms with van der Waals surface area (Å²) in [5.41, 5.74) is 0.764. The molecule has 7 nitrogen and oxygen atoms in total. The van der Waals surface area contributed by atoms with Gasteiger partial charge in [0.1, 0.15) is 5.58 Å². The molecule has 1 atom stereocenters. The van der Waals surface area contributed by atoms with E-state index in [0.717, 1.165) is 11.0 Å². The van der Waals surface area contributed by atoms with Gasteiger partial charge < -0.3 is 9.52 Å². The second-order valence-corrected chi connectivity index (χ2v) is 5.04. The molecule has 0 spiro atoms. The van der Waals surface area contributed by atoms with E-state index >= 15 is 0 Å². The Morgan fingerprint density at radius 2 is 2.24 bits per heavy atom. The van der Waals surface area contributed by atoms with Crippen molar-refractivity contribution < 1.29 is 14.3 Å². The van der Waals surface area contributed by atoms with E-state index in [1.165, 1.54) is 0 Å². The number of carbonyl (C=O) groups is 1. The number of carboxylic acids is 1. The van der Waals surface area contributed by atoms with Crippen molar-refractivity contribution in [3.05, 3.63) is 30.3 Å². The lowest BCUT2D eigenvalue weighted by Gasteiger charge is -2.08. The number of nitrogens with zero attached hydrogens (tertiary/aromatic N) is 4. The van der Waals surface area contributed by atoms with Crippen LogP contribution in [0.2, 0.25) is 0 Å². The van der Waals surface area contributed by atoms with E-state index in [2.05, 4.69) is 15.5 Å². The van der Waals surface area contributed by atoms with Crippen LogP contribution in [0.3, 0.4) is 0 Å². The first-order chi connectivity index (χ1) is 10.1. The van der Waals surface area contributed by atoms with E-state index < -0.39 is 5.97 Å². The smallest absolute Gasteiger partial charge is 0.303 e. The van der Waals surface area contributed by atoms with Crippen molar-refractivity contribution in [2.45, 2.75) is 19.9 Å². The van der Waals surface area contributed by atoms with Crippen molar-refractivity contribution in [1.29, 1.82) is 0 Å². The minimum atomic E-state index is -0.833. The minimum absolute atomic E-state index is 0.0689. The molecule has 1 N–H and O–H groups in total. The predicted molar refractivity (Wildman–Crippen MR) is 74.4 cm³/mol. The Kier molecular flexibility index (Phi) is 3.39. The lowest BCUT2D eigenvalue weighted by molar-refractivity contribution is -0.138. The van der Waals surface area contributed by atoms with E-state index in [-0.39, 0.29) is 12.3 Å². The molecule has 7 heteroatoms. The lowest BCUT2D eigenvalue weighted by atomic mass is 10.1. The maximum atomic E-state index is 10.7. The Morgan fingerprint density at radius 3 is 3.00 bits per heavy atom. The summed E-state index contributed by atoms with van der Waals surface area (Å²) in [4.78, 5) is 10.7. The van der Waals surface area contributed by atoms with Crippen molar-refractivity contribution in [2.75, 3.05) is 0 Å². The fourth-order valence-corrected chi connectivity index (χ4v) is 2.25. The summed E-state index contributed by atoms with van der Waals surface area (Å²) in [6, 6.07) is 9.52. The summed E-state index contributed by atoms with van der Waals surface area (Å²) in [5, 5.41) is 21.3. The first-order valence-corrected chi connectivity index (χ1v) is 6.60. The molecule has 0 saturated heterocycles. The van der Waals surface area contributed by atoms with Gasteiger partial charge in [0.05, 0.1) is 0 Å². The number of furan rings is 1. The third kappa shape index (κ3) is 2.76. The van der Waals surface area contributed by atoms with Crippen LogP contribution in [0.4, 0.5) is 0 Å². The van der Waals surface area contributed by atoms with E-state index in [0.29, 0.717) is 18.1 Å². The first kappa shape index (κ1) is 13.3. The first-order valence-electron chi connectivity index (χ1n) is 6.60. The quantitative estimate of drug-likeness (QED) is 0.772. The number of carboxylic acid groups (broad SMARTS) is 1. The number of fused-ring (bicyclic) bond motifs is 1. The Labute approximate surface area is 120 Å². The van der Waals surface area contributed by atoms with Gasteiger partial charge in [0.15, 0.2) is 5.76 Å². The van der Waals surface area contributed by atoms with Gasteiger partial charge >= 0.3 is 5.97 Å². The second-order valence-electron chi connectivity index (χ2n) is 5.04. The monoisotopic (exact) mass is 286 g/mol. The fraction of sp³-hybridized carbons (Fsp3) is 0.286. The van der Waals surface area contributed by atoms with Gasteiger partial charge in [-0.1, -0.05) is 25.1 Å². The third-order valence-electron chi connectivity index (χ3n) is 3.19. The predicted octanol–water partition coefficient (Wildman–Crippen LogP) is 2.20. The average Bonchev–Trinajstić information content (AvgIpc) is 3.02. The summed E-state index contributed by atoms with van der Waals surface area (Å²) >= 11 is 0. The Balaban J connectivity index is 1.89. The van der Waals surface area contributed by atoms with Gasteiger partial charge in [0, 0.05) is 18.4 Å². The Hall–Kier alpha value is -2.70. The topological polar surface area (TPSA) is 94.0 Å². The van der Waals surface area contributed by atoms with E-state index in [9.17, 15) is 4.79 Å². The number of rotatable bonds is 5. The maximum Gasteiger partial charge on any atom is 0.303 e. The van der Waals surface area contributed by atoms with Crippen molar-refractivity contribution in [1.82, 2.24) is 20.2 Å². The fourth-order valence-electron chi connectivity index (χ4n) is 2.25. The van der Waals surface area contributed by atoms with E-state index in [4.69, 9.17) is 9.52 Å². The number of aliphatic carboxylic acids is 1. The zero-order chi connectivity index (χ0) is 14.8. The highest BCUT2D eigenvalue weighted by Gasteiger charge is 2.17. The molecule has 0 bridgehead atoms. The number of hydrogen-bond acceptors (Lipinski definition) is 5. The van der Waals surface area contributed by atoms with Crippen LogP contribution in [-0.4, -0.2) is 31.3 Å². The van der Waals surface area contributed by atoms with Gasteiger partial charge in [-0.15, -0.1) is 5.10 Å². The molecule has 0 radical (unpaired) electrons. The molecule has 21 heavy (non-hydrogen) atoms. The van der Waals surface area contributed by atoms with Crippen LogP contribution in [0, 0.1) is 5.92 Å². The number of hydrogen-bond donors (Lipinski definition) is 1. The van der Waals surface area contributed by atoms with Crippen molar-refractivity contribution in [2.24, 2.45) is 5.92 Å². The molecule has 2 aromatic heterocycles. The largest absolute Gasteiger partial charge is 0.481 e. The van der Waals surface area contributed by atoms with Crippen molar-refractivity contribution in [3.63, 3.8) is 0 Å². The summed E-state index contributed by atoms with van der Waals surface area (Å²) in [7, 11) is 0. The van der Waals surface area contributed by atoms with Crippen molar-refractivity contribution >= 4 is 16.9 Å². The summed E-state index contributed by atoms with van der Waals surface area (Å²) < 4.78 is 7.31. The average molecular weight is 286 g/mol. The Morgan fingerprint density at radius 1 is 1.43 bits per heavy atom. The molecule has 3 rings (SSSR count).